The first kappa shape index (κ1) is 15.4. The Morgan fingerprint density at radius 3 is 2.10 bits per heavy atom. The molecule has 0 radical (unpaired) electrons. The molecule has 2 amide bonds. The highest BCUT2D eigenvalue weighted by Crippen LogP contribution is 2.37. The van der Waals surface area contributed by atoms with Gasteiger partial charge in [-0.05, 0) is 32.1 Å². The second kappa shape index (κ2) is 6.68. The first-order valence-electron chi connectivity index (χ1n) is 7.59. The molecule has 0 aromatic carbocycles. The zero-order valence-electron chi connectivity index (χ0n) is 11.6. The van der Waals surface area contributed by atoms with E-state index in [9.17, 15) is 18.0 Å². The van der Waals surface area contributed by atoms with Gasteiger partial charge in [0.1, 0.15) is 0 Å². The number of amides is 2. The van der Waals surface area contributed by atoms with E-state index in [4.69, 9.17) is 0 Å². The van der Waals surface area contributed by atoms with Crippen molar-refractivity contribution < 1.29 is 18.0 Å². The van der Waals surface area contributed by atoms with Gasteiger partial charge in [0.05, 0.1) is 5.92 Å². The van der Waals surface area contributed by atoms with E-state index in [2.05, 4.69) is 10.6 Å². The van der Waals surface area contributed by atoms with Crippen LogP contribution in [0, 0.1) is 5.92 Å². The van der Waals surface area contributed by atoms with E-state index in [1.807, 2.05) is 0 Å². The topological polar surface area (TPSA) is 41.1 Å². The smallest absolute Gasteiger partial charge is 0.335 e. The lowest BCUT2D eigenvalue weighted by Gasteiger charge is -2.31. The van der Waals surface area contributed by atoms with Gasteiger partial charge < -0.3 is 10.6 Å². The third-order valence-electron chi connectivity index (χ3n) is 4.41. The summed E-state index contributed by atoms with van der Waals surface area (Å²) < 4.78 is 38.1. The summed E-state index contributed by atoms with van der Waals surface area (Å²) in [5.41, 5.74) is 0. The minimum Gasteiger partial charge on any atom is -0.335 e. The van der Waals surface area contributed by atoms with Gasteiger partial charge in [-0.25, -0.2) is 4.79 Å². The Labute approximate surface area is 117 Å². The number of alkyl halides is 3. The van der Waals surface area contributed by atoms with Crippen molar-refractivity contribution in [2.45, 2.75) is 76.0 Å². The third kappa shape index (κ3) is 4.56. The molecule has 2 atom stereocenters. The Morgan fingerprint density at radius 1 is 0.850 bits per heavy atom. The molecule has 0 aliphatic heterocycles. The van der Waals surface area contributed by atoms with Crippen molar-refractivity contribution in [3.05, 3.63) is 0 Å². The summed E-state index contributed by atoms with van der Waals surface area (Å²) in [6.45, 7) is 0. The fourth-order valence-electron chi connectivity index (χ4n) is 3.28. The second-order valence-electron chi connectivity index (χ2n) is 6.05. The molecule has 0 heterocycles. The molecule has 116 valence electrons. The summed E-state index contributed by atoms with van der Waals surface area (Å²) in [5, 5.41) is 5.61. The molecule has 0 aromatic rings. The summed E-state index contributed by atoms with van der Waals surface area (Å²) in [5.74, 6) is -1.27. The molecule has 2 aliphatic rings. The molecule has 0 aromatic heterocycles. The number of halogens is 3. The lowest BCUT2D eigenvalue weighted by molar-refractivity contribution is -0.183. The highest BCUT2D eigenvalue weighted by Gasteiger charge is 2.42. The zero-order valence-corrected chi connectivity index (χ0v) is 11.6. The monoisotopic (exact) mass is 292 g/mol. The highest BCUT2D eigenvalue weighted by molar-refractivity contribution is 5.74. The second-order valence-corrected chi connectivity index (χ2v) is 6.05. The van der Waals surface area contributed by atoms with Crippen LogP contribution in [0.4, 0.5) is 18.0 Å². The van der Waals surface area contributed by atoms with E-state index in [0.717, 1.165) is 25.7 Å². The maximum Gasteiger partial charge on any atom is 0.391 e. The summed E-state index contributed by atoms with van der Waals surface area (Å²) >= 11 is 0. The number of nitrogens with one attached hydrogen (secondary N) is 2. The first-order chi connectivity index (χ1) is 9.45. The summed E-state index contributed by atoms with van der Waals surface area (Å²) in [4.78, 5) is 11.8. The van der Waals surface area contributed by atoms with Crippen LogP contribution in [-0.2, 0) is 0 Å². The lowest BCUT2D eigenvalue weighted by atomic mass is 9.85. The van der Waals surface area contributed by atoms with Gasteiger partial charge in [0.15, 0.2) is 0 Å². The van der Waals surface area contributed by atoms with Crippen LogP contribution in [0.15, 0.2) is 0 Å². The average molecular weight is 292 g/mol. The first-order valence-corrected chi connectivity index (χ1v) is 7.59. The van der Waals surface area contributed by atoms with Crippen LogP contribution < -0.4 is 10.6 Å². The van der Waals surface area contributed by atoms with Crippen molar-refractivity contribution in [1.29, 1.82) is 0 Å². The molecule has 2 aliphatic carbocycles. The van der Waals surface area contributed by atoms with Gasteiger partial charge in [-0.1, -0.05) is 25.7 Å². The third-order valence-corrected chi connectivity index (χ3v) is 4.41. The molecule has 2 unspecified atom stereocenters. The molecular formula is C14H23F3N2O. The molecule has 3 nitrogen and oxygen atoms in total. The Kier molecular flexibility index (Phi) is 5.16. The van der Waals surface area contributed by atoms with E-state index in [1.165, 1.54) is 6.42 Å². The van der Waals surface area contributed by atoms with E-state index in [0.29, 0.717) is 12.8 Å². The lowest BCUT2D eigenvalue weighted by Crippen LogP contribution is -2.49. The minimum absolute atomic E-state index is 0.0155. The Bertz CT molecular complexity index is 327. The number of rotatable bonds is 2. The summed E-state index contributed by atoms with van der Waals surface area (Å²) in [6, 6.07) is -0.463. The van der Waals surface area contributed by atoms with Crippen LogP contribution in [0.25, 0.3) is 0 Å². The molecule has 2 rings (SSSR count). The van der Waals surface area contributed by atoms with E-state index >= 15 is 0 Å². The van der Waals surface area contributed by atoms with Gasteiger partial charge in [0.2, 0.25) is 0 Å². The Hall–Kier alpha value is -0.940. The van der Waals surface area contributed by atoms with Crippen LogP contribution in [0.1, 0.15) is 57.8 Å². The molecule has 2 saturated carbocycles. The van der Waals surface area contributed by atoms with Crippen LogP contribution in [0.3, 0.4) is 0 Å². The molecule has 0 saturated heterocycles. The SMILES string of the molecule is O=C(NC1CCCCC1)NC1CCCC(C(F)(F)F)C1. The number of carbonyl (C=O) groups is 1. The summed E-state index contributed by atoms with van der Waals surface area (Å²) in [6.07, 6.45) is 2.62. The normalized spacial score (nSPS) is 28.9. The van der Waals surface area contributed by atoms with Crippen molar-refractivity contribution in [3.63, 3.8) is 0 Å². The van der Waals surface area contributed by atoms with E-state index in [-0.39, 0.29) is 31.0 Å². The van der Waals surface area contributed by atoms with Gasteiger partial charge in [0.25, 0.3) is 0 Å². The summed E-state index contributed by atoms with van der Waals surface area (Å²) in [7, 11) is 0. The predicted octanol–water partition coefficient (Wildman–Crippen LogP) is 3.74. The zero-order chi connectivity index (χ0) is 14.6. The molecule has 0 bridgehead atoms. The van der Waals surface area contributed by atoms with Crippen molar-refractivity contribution in [2.75, 3.05) is 0 Å². The van der Waals surface area contributed by atoms with Crippen molar-refractivity contribution in [2.24, 2.45) is 5.92 Å². The Balaban J connectivity index is 1.75. The van der Waals surface area contributed by atoms with Gasteiger partial charge in [-0.3, -0.25) is 0 Å². The maximum atomic E-state index is 12.7. The van der Waals surface area contributed by atoms with Gasteiger partial charge >= 0.3 is 12.2 Å². The molecule has 2 fully saturated rings. The fourth-order valence-corrected chi connectivity index (χ4v) is 3.28. The van der Waals surface area contributed by atoms with Crippen molar-refractivity contribution in [3.8, 4) is 0 Å². The van der Waals surface area contributed by atoms with E-state index in [1.54, 1.807) is 0 Å². The standard InChI is InChI=1S/C14H23F3N2O/c15-14(16,17)10-5-4-8-12(9-10)19-13(20)18-11-6-2-1-3-7-11/h10-12H,1-9H2,(H2,18,19,20). The molecular weight excluding hydrogens is 269 g/mol. The predicted molar refractivity (Wildman–Crippen MR) is 70.3 cm³/mol. The van der Waals surface area contributed by atoms with Crippen LogP contribution in [0.5, 0.6) is 0 Å². The van der Waals surface area contributed by atoms with Gasteiger partial charge in [-0.2, -0.15) is 13.2 Å². The fraction of sp³-hybridized carbons (Fsp3) is 0.929. The Morgan fingerprint density at radius 2 is 1.45 bits per heavy atom. The minimum atomic E-state index is -4.14. The molecule has 20 heavy (non-hydrogen) atoms. The van der Waals surface area contributed by atoms with Crippen LogP contribution in [0.2, 0.25) is 0 Å². The largest absolute Gasteiger partial charge is 0.391 e. The average Bonchev–Trinajstić information content (AvgIpc) is 2.39. The number of hydrogen-bond donors (Lipinski definition) is 2. The van der Waals surface area contributed by atoms with Crippen molar-refractivity contribution >= 4 is 6.03 Å². The molecule has 0 spiro atoms. The quantitative estimate of drug-likeness (QED) is 0.800. The van der Waals surface area contributed by atoms with Crippen molar-refractivity contribution in [1.82, 2.24) is 10.6 Å². The number of carbonyl (C=O) groups excluding carboxylic acids is 1. The maximum absolute atomic E-state index is 12.7. The van der Waals surface area contributed by atoms with Gasteiger partial charge in [0, 0.05) is 12.1 Å². The highest BCUT2D eigenvalue weighted by atomic mass is 19.4. The van der Waals surface area contributed by atoms with Crippen LogP contribution in [-0.4, -0.2) is 24.3 Å². The number of urea groups is 1. The number of hydrogen-bond acceptors (Lipinski definition) is 1. The van der Waals surface area contributed by atoms with E-state index < -0.39 is 12.1 Å². The van der Waals surface area contributed by atoms with Crippen LogP contribution >= 0.6 is 0 Å². The van der Waals surface area contributed by atoms with Gasteiger partial charge in [-0.15, -0.1) is 0 Å². The molecule has 2 N–H and O–H groups in total. The molecule has 6 heteroatoms.